The molecule has 138 valence electrons. The molecule has 0 saturated heterocycles. The topological polar surface area (TPSA) is 59.6 Å². The lowest BCUT2D eigenvalue weighted by Gasteiger charge is -2.10. The summed E-state index contributed by atoms with van der Waals surface area (Å²) in [7, 11) is 0. The van der Waals surface area contributed by atoms with Crippen LogP contribution in [-0.2, 0) is 0 Å². The molecule has 6 heteroatoms. The van der Waals surface area contributed by atoms with Gasteiger partial charge in [-0.2, -0.15) is 0 Å². The predicted octanol–water partition coefficient (Wildman–Crippen LogP) is 5.33. The summed E-state index contributed by atoms with van der Waals surface area (Å²) in [6, 6.07) is 23.5. The Bertz CT molecular complexity index is 870. The summed E-state index contributed by atoms with van der Waals surface area (Å²) in [4.78, 5) is 11.9. The number of benzene rings is 3. The molecule has 3 aromatic rings. The maximum Gasteiger partial charge on any atom is 0.319 e. The molecule has 2 N–H and O–H groups in total. The van der Waals surface area contributed by atoms with Crippen molar-refractivity contribution in [2.24, 2.45) is 0 Å². The molecule has 0 aliphatic rings. The Morgan fingerprint density at radius 2 is 1.56 bits per heavy atom. The second-order valence-electron chi connectivity index (χ2n) is 5.63. The van der Waals surface area contributed by atoms with Crippen molar-refractivity contribution in [3.05, 3.63) is 83.9 Å². The van der Waals surface area contributed by atoms with Gasteiger partial charge in [0.2, 0.25) is 0 Å². The van der Waals surface area contributed by atoms with E-state index >= 15 is 0 Å². The average molecular weight is 383 g/mol. The second-order valence-corrected chi connectivity index (χ2v) is 6.06. The normalized spacial score (nSPS) is 10.1. The van der Waals surface area contributed by atoms with Crippen molar-refractivity contribution >= 4 is 23.3 Å². The average Bonchev–Trinajstić information content (AvgIpc) is 2.68. The highest BCUT2D eigenvalue weighted by molar-refractivity contribution is 6.30. The van der Waals surface area contributed by atoms with Gasteiger partial charge in [0.05, 0.1) is 6.54 Å². The van der Waals surface area contributed by atoms with E-state index in [0.29, 0.717) is 35.4 Å². The molecule has 3 aromatic carbocycles. The van der Waals surface area contributed by atoms with Crippen LogP contribution in [0.25, 0.3) is 0 Å². The number of urea groups is 1. The molecule has 0 bridgehead atoms. The molecule has 0 fully saturated rings. The quantitative estimate of drug-likeness (QED) is 0.543. The van der Waals surface area contributed by atoms with E-state index in [-0.39, 0.29) is 6.03 Å². The molecule has 0 aliphatic carbocycles. The Hall–Kier alpha value is -3.18. The number of ether oxygens (including phenoxy) is 2. The van der Waals surface area contributed by atoms with Crippen LogP contribution < -0.4 is 20.1 Å². The van der Waals surface area contributed by atoms with Gasteiger partial charge in [-0.25, -0.2) is 4.79 Å². The Morgan fingerprint density at radius 3 is 2.30 bits per heavy atom. The molecular weight excluding hydrogens is 364 g/mol. The van der Waals surface area contributed by atoms with Gasteiger partial charge in [0, 0.05) is 10.7 Å². The molecule has 5 nitrogen and oxygen atoms in total. The monoisotopic (exact) mass is 382 g/mol. The number of halogens is 1. The van der Waals surface area contributed by atoms with Crippen molar-refractivity contribution in [3.63, 3.8) is 0 Å². The van der Waals surface area contributed by atoms with E-state index in [1.54, 1.807) is 36.4 Å². The highest BCUT2D eigenvalue weighted by Gasteiger charge is 2.03. The fourth-order valence-electron chi connectivity index (χ4n) is 2.30. The first-order valence-corrected chi connectivity index (χ1v) is 8.83. The molecular formula is C21H19ClN2O3. The summed E-state index contributed by atoms with van der Waals surface area (Å²) in [5, 5.41) is 6.10. The van der Waals surface area contributed by atoms with Crippen LogP contribution in [0, 0.1) is 0 Å². The lowest BCUT2D eigenvalue weighted by atomic mass is 10.3. The molecule has 27 heavy (non-hydrogen) atoms. The van der Waals surface area contributed by atoms with E-state index in [1.165, 1.54) is 0 Å². The van der Waals surface area contributed by atoms with Crippen LogP contribution in [0.1, 0.15) is 0 Å². The van der Waals surface area contributed by atoms with E-state index in [2.05, 4.69) is 10.6 Å². The van der Waals surface area contributed by atoms with E-state index < -0.39 is 0 Å². The van der Waals surface area contributed by atoms with Crippen molar-refractivity contribution in [1.29, 1.82) is 0 Å². The lowest BCUT2D eigenvalue weighted by Crippen LogP contribution is -2.32. The summed E-state index contributed by atoms with van der Waals surface area (Å²) in [6.45, 7) is 0.713. The van der Waals surface area contributed by atoms with E-state index in [0.717, 1.165) is 5.75 Å². The molecule has 0 aliphatic heterocycles. The zero-order valence-electron chi connectivity index (χ0n) is 14.5. The molecule has 0 aromatic heterocycles. The van der Waals surface area contributed by atoms with Crippen molar-refractivity contribution in [1.82, 2.24) is 5.32 Å². The Labute approximate surface area is 162 Å². The van der Waals surface area contributed by atoms with Crippen LogP contribution >= 0.6 is 11.6 Å². The number of hydrogen-bond donors (Lipinski definition) is 2. The molecule has 0 radical (unpaired) electrons. The maximum absolute atomic E-state index is 11.9. The number of rotatable bonds is 7. The fraction of sp³-hybridized carbons (Fsp3) is 0.0952. The zero-order chi connectivity index (χ0) is 18.9. The first-order valence-electron chi connectivity index (χ1n) is 8.45. The predicted molar refractivity (Wildman–Crippen MR) is 107 cm³/mol. The molecule has 0 spiro atoms. The molecule has 3 rings (SSSR count). The minimum Gasteiger partial charge on any atom is -0.492 e. The third-order valence-electron chi connectivity index (χ3n) is 3.54. The highest BCUT2D eigenvalue weighted by Crippen LogP contribution is 2.22. The van der Waals surface area contributed by atoms with Crippen LogP contribution in [0.4, 0.5) is 10.5 Å². The van der Waals surface area contributed by atoms with Crippen molar-refractivity contribution in [3.8, 4) is 17.2 Å². The van der Waals surface area contributed by atoms with Gasteiger partial charge in [-0.1, -0.05) is 35.9 Å². The van der Waals surface area contributed by atoms with Gasteiger partial charge in [0.1, 0.15) is 23.9 Å². The van der Waals surface area contributed by atoms with Crippen LogP contribution in [0.2, 0.25) is 5.02 Å². The van der Waals surface area contributed by atoms with Crippen molar-refractivity contribution in [2.45, 2.75) is 0 Å². The molecule has 0 atom stereocenters. The highest BCUT2D eigenvalue weighted by atomic mass is 35.5. The van der Waals surface area contributed by atoms with E-state index in [9.17, 15) is 4.79 Å². The molecule has 0 heterocycles. The van der Waals surface area contributed by atoms with Gasteiger partial charge in [-0.15, -0.1) is 0 Å². The van der Waals surface area contributed by atoms with Crippen molar-refractivity contribution in [2.75, 3.05) is 18.5 Å². The standard InChI is InChI=1S/C21H19ClN2O3/c22-16-5-4-8-20(15-16)26-14-13-23-21(25)24-17-9-11-19(12-10-17)27-18-6-2-1-3-7-18/h1-12,15H,13-14H2,(H2,23,24,25). The number of hydrogen-bond acceptors (Lipinski definition) is 3. The number of carbonyl (C=O) groups is 1. The maximum atomic E-state index is 11.9. The van der Waals surface area contributed by atoms with Crippen LogP contribution in [-0.4, -0.2) is 19.2 Å². The minimum atomic E-state index is -0.304. The third-order valence-corrected chi connectivity index (χ3v) is 3.78. The third kappa shape index (κ3) is 6.24. The zero-order valence-corrected chi connectivity index (χ0v) is 15.3. The Kier molecular flexibility index (Phi) is 6.55. The Balaban J connectivity index is 1.40. The number of anilines is 1. The van der Waals surface area contributed by atoms with Crippen LogP contribution in [0.5, 0.6) is 17.2 Å². The van der Waals surface area contributed by atoms with E-state index in [4.69, 9.17) is 21.1 Å². The van der Waals surface area contributed by atoms with Gasteiger partial charge in [0.25, 0.3) is 0 Å². The molecule has 0 unspecified atom stereocenters. The largest absolute Gasteiger partial charge is 0.492 e. The SMILES string of the molecule is O=C(NCCOc1cccc(Cl)c1)Nc1ccc(Oc2ccccc2)cc1. The van der Waals surface area contributed by atoms with Crippen LogP contribution in [0.3, 0.4) is 0 Å². The number of carbonyl (C=O) groups excluding carboxylic acids is 1. The van der Waals surface area contributed by atoms with E-state index in [1.807, 2.05) is 42.5 Å². The number of nitrogens with one attached hydrogen (secondary N) is 2. The van der Waals surface area contributed by atoms with Gasteiger partial charge in [-0.3, -0.25) is 0 Å². The first kappa shape index (κ1) is 18.6. The second kappa shape index (κ2) is 9.50. The Morgan fingerprint density at radius 1 is 0.852 bits per heavy atom. The van der Waals surface area contributed by atoms with Crippen molar-refractivity contribution < 1.29 is 14.3 Å². The summed E-state index contributed by atoms with van der Waals surface area (Å²) < 4.78 is 11.2. The summed E-state index contributed by atoms with van der Waals surface area (Å²) >= 11 is 5.89. The molecule has 0 saturated carbocycles. The van der Waals surface area contributed by atoms with Gasteiger partial charge in [0.15, 0.2) is 0 Å². The van der Waals surface area contributed by atoms with Crippen LogP contribution in [0.15, 0.2) is 78.9 Å². The fourth-order valence-corrected chi connectivity index (χ4v) is 2.48. The van der Waals surface area contributed by atoms with Gasteiger partial charge < -0.3 is 20.1 Å². The summed E-state index contributed by atoms with van der Waals surface area (Å²) in [6.07, 6.45) is 0. The summed E-state index contributed by atoms with van der Waals surface area (Å²) in [5.74, 6) is 2.12. The smallest absolute Gasteiger partial charge is 0.319 e. The summed E-state index contributed by atoms with van der Waals surface area (Å²) in [5.41, 5.74) is 0.670. The van der Waals surface area contributed by atoms with Gasteiger partial charge in [-0.05, 0) is 54.6 Å². The molecule has 2 amide bonds. The van der Waals surface area contributed by atoms with Gasteiger partial charge >= 0.3 is 6.03 Å². The minimum absolute atomic E-state index is 0.304. The number of amides is 2. The first-order chi connectivity index (χ1) is 13.2. The lowest BCUT2D eigenvalue weighted by molar-refractivity contribution is 0.247. The number of para-hydroxylation sites is 1.